The minimum absolute atomic E-state index is 0.249. The van der Waals surface area contributed by atoms with E-state index in [1.54, 1.807) is 6.08 Å². The van der Waals surface area contributed by atoms with E-state index < -0.39 is 86.8 Å². The predicted molar refractivity (Wildman–Crippen MR) is 318 cm³/mol. The number of allylic oxidation sites excluding steroid dienone is 9. The van der Waals surface area contributed by atoms with Crippen molar-refractivity contribution in [2.75, 3.05) is 19.8 Å². The molecule has 79 heavy (non-hydrogen) atoms. The van der Waals surface area contributed by atoms with Crippen LogP contribution in [-0.4, -0.2) is 140 Å². The number of hydrogen-bond donors (Lipinski definition) is 9. The van der Waals surface area contributed by atoms with E-state index in [0.717, 1.165) is 44.9 Å². The van der Waals surface area contributed by atoms with Crippen molar-refractivity contribution in [1.29, 1.82) is 0 Å². The summed E-state index contributed by atoms with van der Waals surface area (Å²) in [7, 11) is 0. The van der Waals surface area contributed by atoms with Crippen LogP contribution in [0, 0.1) is 0 Å². The molecule has 0 aromatic heterocycles. The molecule has 0 aliphatic carbocycles. The van der Waals surface area contributed by atoms with Crippen LogP contribution in [0.25, 0.3) is 0 Å². The van der Waals surface area contributed by atoms with Crippen LogP contribution in [0.15, 0.2) is 60.8 Å². The lowest BCUT2D eigenvalue weighted by atomic mass is 9.97. The Bertz CT molecular complexity index is 1560. The van der Waals surface area contributed by atoms with Crippen LogP contribution >= 0.6 is 0 Å². The third kappa shape index (κ3) is 35.4. The molecule has 0 saturated carbocycles. The third-order valence-corrected chi connectivity index (χ3v) is 15.4. The van der Waals surface area contributed by atoms with Gasteiger partial charge in [-0.15, -0.1) is 0 Å². The van der Waals surface area contributed by atoms with Gasteiger partial charge in [0.2, 0.25) is 5.91 Å². The van der Waals surface area contributed by atoms with Crippen LogP contribution in [0.4, 0.5) is 0 Å². The van der Waals surface area contributed by atoms with Crippen LogP contribution < -0.4 is 5.32 Å². The number of carbonyl (C=O) groups is 1. The lowest BCUT2D eigenvalue weighted by molar-refractivity contribution is -0.359. The van der Waals surface area contributed by atoms with Gasteiger partial charge in [-0.25, -0.2) is 0 Å². The topological polar surface area (TPSA) is 228 Å². The standard InChI is InChI=1S/C65H117NO13/c1-3-5-7-9-11-13-15-17-19-20-21-22-23-24-25-26-27-28-29-30-31-32-33-34-35-37-39-41-43-45-47-49-57(70)66-53(54(69)48-46-44-42-40-38-36-18-16-14-12-10-8-6-4-2)52-76-64-62(75)60(73)63(56(51-68)78-64)79-65-61(74)59(72)58(71)55(50-67)77-65/h15,17,20-21,23-24,38,40,46,48,53-56,58-65,67-69,71-75H,3-14,16,18-19,22,25-37,39,41-45,47,49-52H2,1-2H3,(H,66,70)/b17-15-,21-20-,24-23-,40-38+,48-46+. The highest BCUT2D eigenvalue weighted by atomic mass is 16.7. The number of aliphatic hydroxyl groups is 8. The number of nitrogens with one attached hydrogen (secondary N) is 1. The summed E-state index contributed by atoms with van der Waals surface area (Å²) in [5, 5.41) is 87.1. The molecular formula is C65H117NO13. The maximum atomic E-state index is 13.3. The summed E-state index contributed by atoms with van der Waals surface area (Å²) in [5.74, 6) is -0.249. The smallest absolute Gasteiger partial charge is 0.220 e. The van der Waals surface area contributed by atoms with Crippen molar-refractivity contribution in [3.8, 4) is 0 Å². The third-order valence-electron chi connectivity index (χ3n) is 15.4. The molecule has 1 amide bonds. The Kier molecular flexibility index (Phi) is 46.3. The van der Waals surface area contributed by atoms with Gasteiger partial charge in [0.05, 0.1) is 32.0 Å². The zero-order chi connectivity index (χ0) is 57.4. The Balaban J connectivity index is 1.67. The molecule has 0 aromatic rings. The molecule has 14 heteroatoms. The first-order valence-electron chi connectivity index (χ1n) is 32.0. The Hall–Kier alpha value is -2.31. The van der Waals surface area contributed by atoms with E-state index in [1.807, 2.05) is 6.08 Å². The molecule has 2 rings (SSSR count). The lowest BCUT2D eigenvalue weighted by Gasteiger charge is -2.46. The molecule has 2 aliphatic rings. The number of ether oxygens (including phenoxy) is 4. The average Bonchev–Trinajstić information content (AvgIpc) is 3.55. The Morgan fingerprint density at radius 2 is 0.848 bits per heavy atom. The molecule has 460 valence electrons. The average molecular weight is 1120 g/mol. The molecule has 0 aromatic carbocycles. The van der Waals surface area contributed by atoms with Crippen LogP contribution in [0.1, 0.15) is 251 Å². The minimum Gasteiger partial charge on any atom is -0.394 e. The fraction of sp³-hybridized carbons (Fsp3) is 0.831. The van der Waals surface area contributed by atoms with Gasteiger partial charge in [-0.3, -0.25) is 4.79 Å². The summed E-state index contributed by atoms with van der Waals surface area (Å²) in [6.45, 7) is 2.77. The van der Waals surface area contributed by atoms with Crippen molar-refractivity contribution in [1.82, 2.24) is 5.32 Å². The Morgan fingerprint density at radius 1 is 0.456 bits per heavy atom. The molecule has 9 N–H and O–H groups in total. The van der Waals surface area contributed by atoms with Crippen LogP contribution in [0.3, 0.4) is 0 Å². The number of amides is 1. The van der Waals surface area contributed by atoms with Crippen molar-refractivity contribution in [3.63, 3.8) is 0 Å². The van der Waals surface area contributed by atoms with E-state index in [4.69, 9.17) is 18.9 Å². The van der Waals surface area contributed by atoms with E-state index in [0.29, 0.717) is 12.8 Å². The summed E-state index contributed by atoms with van der Waals surface area (Å²) in [4.78, 5) is 13.3. The van der Waals surface area contributed by atoms with Gasteiger partial charge in [-0.05, 0) is 70.6 Å². The molecule has 2 saturated heterocycles. The fourth-order valence-corrected chi connectivity index (χ4v) is 10.3. The van der Waals surface area contributed by atoms with Crippen LogP contribution in [0.2, 0.25) is 0 Å². The van der Waals surface area contributed by atoms with E-state index in [2.05, 4.69) is 67.8 Å². The lowest BCUT2D eigenvalue weighted by Crippen LogP contribution is -2.65. The molecule has 14 nitrogen and oxygen atoms in total. The second-order valence-electron chi connectivity index (χ2n) is 22.5. The van der Waals surface area contributed by atoms with E-state index in [-0.39, 0.29) is 18.9 Å². The molecule has 0 spiro atoms. The van der Waals surface area contributed by atoms with Gasteiger partial charge in [0, 0.05) is 6.42 Å². The summed E-state index contributed by atoms with van der Waals surface area (Å²) in [5.41, 5.74) is 0. The van der Waals surface area contributed by atoms with Gasteiger partial charge in [0.1, 0.15) is 48.8 Å². The number of rotatable bonds is 51. The van der Waals surface area contributed by atoms with Gasteiger partial charge in [-0.1, -0.05) is 235 Å². The maximum absolute atomic E-state index is 13.3. The van der Waals surface area contributed by atoms with Crippen LogP contribution in [-0.2, 0) is 23.7 Å². The highest BCUT2D eigenvalue weighted by Gasteiger charge is 2.51. The van der Waals surface area contributed by atoms with E-state index in [1.165, 1.54) is 173 Å². The molecule has 2 fully saturated rings. The SMILES string of the molecule is CCCCCCC/C=C\C/C=C\C/C=C\CCCCCCCCCCCCCCCCCCC(=O)NC(COC1OC(CO)C(OC2OC(CO)C(O)C(O)C2O)C(O)C1O)C(O)/C=C/CC/C=C/CCCCCCCCCC. The quantitative estimate of drug-likeness (QED) is 0.0204. The highest BCUT2D eigenvalue weighted by Crippen LogP contribution is 2.30. The van der Waals surface area contributed by atoms with Gasteiger partial charge >= 0.3 is 0 Å². The summed E-state index contributed by atoms with van der Waals surface area (Å²) >= 11 is 0. The van der Waals surface area contributed by atoms with Crippen molar-refractivity contribution >= 4 is 5.91 Å². The number of unbranched alkanes of at least 4 members (excludes halogenated alkanes) is 30. The molecule has 2 aliphatic heterocycles. The first-order chi connectivity index (χ1) is 38.6. The summed E-state index contributed by atoms with van der Waals surface area (Å²) < 4.78 is 22.8. The summed E-state index contributed by atoms with van der Waals surface area (Å²) in [6, 6.07) is -0.932. The summed E-state index contributed by atoms with van der Waals surface area (Å²) in [6.07, 6.45) is 48.5. The number of aliphatic hydroxyl groups excluding tert-OH is 8. The zero-order valence-electron chi connectivity index (χ0n) is 49.6. The molecule has 0 radical (unpaired) electrons. The molecule has 12 atom stereocenters. The molecular weight excluding hydrogens is 1000 g/mol. The van der Waals surface area contributed by atoms with Crippen molar-refractivity contribution in [2.45, 2.75) is 325 Å². The number of hydrogen-bond acceptors (Lipinski definition) is 13. The van der Waals surface area contributed by atoms with Crippen molar-refractivity contribution < 1.29 is 64.6 Å². The molecule has 12 unspecified atom stereocenters. The normalized spacial score (nSPS) is 24.8. The monoisotopic (exact) mass is 1120 g/mol. The van der Waals surface area contributed by atoms with Gasteiger partial charge in [-0.2, -0.15) is 0 Å². The largest absolute Gasteiger partial charge is 0.394 e. The highest BCUT2D eigenvalue weighted by molar-refractivity contribution is 5.76. The second-order valence-corrected chi connectivity index (χ2v) is 22.5. The van der Waals surface area contributed by atoms with E-state index >= 15 is 0 Å². The Morgan fingerprint density at radius 3 is 1.33 bits per heavy atom. The second kappa shape index (κ2) is 50.2. The Labute approximate surface area is 479 Å². The first kappa shape index (κ1) is 72.8. The minimum atomic E-state index is -1.79. The van der Waals surface area contributed by atoms with Gasteiger partial charge in [0.15, 0.2) is 12.6 Å². The molecule has 2 heterocycles. The number of carbonyl (C=O) groups excluding carboxylic acids is 1. The first-order valence-corrected chi connectivity index (χ1v) is 32.0. The van der Waals surface area contributed by atoms with Gasteiger partial charge in [0.25, 0.3) is 0 Å². The van der Waals surface area contributed by atoms with Crippen molar-refractivity contribution in [3.05, 3.63) is 60.8 Å². The van der Waals surface area contributed by atoms with Gasteiger partial charge < -0.3 is 65.1 Å². The maximum Gasteiger partial charge on any atom is 0.220 e. The predicted octanol–water partition coefficient (Wildman–Crippen LogP) is 11.7. The van der Waals surface area contributed by atoms with Crippen molar-refractivity contribution in [2.24, 2.45) is 0 Å². The zero-order valence-corrected chi connectivity index (χ0v) is 49.6. The van der Waals surface area contributed by atoms with Crippen LogP contribution in [0.5, 0.6) is 0 Å². The fourth-order valence-electron chi connectivity index (χ4n) is 10.3. The van der Waals surface area contributed by atoms with E-state index in [9.17, 15) is 45.6 Å². The molecule has 0 bridgehead atoms.